The monoisotopic (exact) mass is 810 g/mol. The smallest absolute Gasteiger partial charge is 0.0788 e. The van der Waals surface area contributed by atoms with Gasteiger partial charge >= 0.3 is 0 Å². The SMILES string of the molecule is c1ccc(-c2nc3cc(-c4ccc(-c5ccc6c(c5)C5(c7ccccc7-c7ccccc75)c5ccccc5-6)cc4)ccc3c3c2ccc2c4ccccc4n(-c4ccccc4)c23)cc1. The summed E-state index contributed by atoms with van der Waals surface area (Å²) >= 11 is 0. The molecule has 64 heavy (non-hydrogen) atoms. The van der Waals surface area contributed by atoms with E-state index in [0.29, 0.717) is 0 Å². The van der Waals surface area contributed by atoms with Crippen molar-refractivity contribution in [2.24, 2.45) is 0 Å². The zero-order valence-corrected chi connectivity index (χ0v) is 34.8. The van der Waals surface area contributed by atoms with Crippen LogP contribution in [0.15, 0.2) is 231 Å². The van der Waals surface area contributed by atoms with Gasteiger partial charge in [0.05, 0.1) is 27.7 Å². The van der Waals surface area contributed by atoms with Crippen LogP contribution in [0.25, 0.3) is 105 Å². The Bertz CT molecular complexity index is 3810. The molecular weight excluding hydrogens is 773 g/mol. The maximum absolute atomic E-state index is 5.50. The zero-order chi connectivity index (χ0) is 41.9. The van der Waals surface area contributed by atoms with Crippen molar-refractivity contribution in [1.29, 1.82) is 0 Å². The fourth-order valence-corrected chi connectivity index (χ4v) is 11.5. The quantitative estimate of drug-likeness (QED) is 0.162. The number of fused-ring (bicyclic) bond motifs is 17. The first-order chi connectivity index (χ1) is 31.8. The third-order valence-corrected chi connectivity index (χ3v) is 14.2. The molecule has 0 saturated heterocycles. The first kappa shape index (κ1) is 35.3. The van der Waals surface area contributed by atoms with E-state index in [1.807, 2.05) is 0 Å². The first-order valence-electron chi connectivity index (χ1n) is 22.2. The lowest BCUT2D eigenvalue weighted by molar-refractivity contribution is 0.794. The fourth-order valence-electron chi connectivity index (χ4n) is 11.5. The van der Waals surface area contributed by atoms with E-state index in [0.717, 1.165) is 44.4 Å². The van der Waals surface area contributed by atoms with Gasteiger partial charge in [0, 0.05) is 38.2 Å². The summed E-state index contributed by atoms with van der Waals surface area (Å²) in [5.41, 5.74) is 21.7. The van der Waals surface area contributed by atoms with E-state index in [1.54, 1.807) is 0 Å². The topological polar surface area (TPSA) is 17.8 Å². The highest BCUT2D eigenvalue weighted by molar-refractivity contribution is 6.27. The number of aromatic nitrogens is 2. The molecule has 296 valence electrons. The van der Waals surface area contributed by atoms with Gasteiger partial charge in [-0.15, -0.1) is 0 Å². The van der Waals surface area contributed by atoms with Crippen LogP contribution in [0.4, 0.5) is 0 Å². The van der Waals surface area contributed by atoms with Gasteiger partial charge in [-0.2, -0.15) is 0 Å². The molecule has 12 aromatic rings. The van der Waals surface area contributed by atoms with Crippen LogP contribution < -0.4 is 0 Å². The van der Waals surface area contributed by atoms with Crippen LogP contribution in [0.5, 0.6) is 0 Å². The minimum atomic E-state index is -0.364. The zero-order valence-electron chi connectivity index (χ0n) is 34.8. The van der Waals surface area contributed by atoms with Crippen molar-refractivity contribution in [3.8, 4) is 61.5 Å². The van der Waals surface area contributed by atoms with Crippen molar-refractivity contribution in [3.63, 3.8) is 0 Å². The van der Waals surface area contributed by atoms with Crippen LogP contribution >= 0.6 is 0 Å². The Morgan fingerprint density at radius 1 is 0.328 bits per heavy atom. The molecule has 10 aromatic carbocycles. The van der Waals surface area contributed by atoms with E-state index >= 15 is 0 Å². The molecular formula is C62H38N2. The molecule has 2 aromatic heterocycles. The van der Waals surface area contributed by atoms with Crippen molar-refractivity contribution in [2.45, 2.75) is 5.41 Å². The van der Waals surface area contributed by atoms with E-state index in [9.17, 15) is 0 Å². The molecule has 0 bridgehead atoms. The summed E-state index contributed by atoms with van der Waals surface area (Å²) in [4.78, 5) is 5.50. The summed E-state index contributed by atoms with van der Waals surface area (Å²) in [6.07, 6.45) is 0. The third-order valence-electron chi connectivity index (χ3n) is 14.2. The lowest BCUT2D eigenvalue weighted by atomic mass is 9.70. The molecule has 0 radical (unpaired) electrons. The predicted octanol–water partition coefficient (Wildman–Crippen LogP) is 15.8. The number of nitrogens with zero attached hydrogens (tertiary/aromatic N) is 2. The Labute approximate surface area is 371 Å². The average Bonchev–Trinajstić information content (AvgIpc) is 3.98. The van der Waals surface area contributed by atoms with Gasteiger partial charge in [-0.05, 0) is 97.1 Å². The summed E-state index contributed by atoms with van der Waals surface area (Å²) in [7, 11) is 0. The third kappa shape index (κ3) is 4.77. The molecule has 1 spiro atoms. The Hall–Kier alpha value is -8.33. The van der Waals surface area contributed by atoms with Crippen LogP contribution in [0.3, 0.4) is 0 Å². The number of hydrogen-bond acceptors (Lipinski definition) is 1. The maximum Gasteiger partial charge on any atom is 0.0788 e. The fraction of sp³-hybridized carbons (Fsp3) is 0.0161. The first-order valence-corrected chi connectivity index (χ1v) is 22.2. The minimum absolute atomic E-state index is 0.364. The molecule has 0 N–H and O–H groups in total. The molecule has 2 heterocycles. The van der Waals surface area contributed by atoms with Crippen molar-refractivity contribution >= 4 is 43.5 Å². The highest BCUT2D eigenvalue weighted by Crippen LogP contribution is 2.63. The lowest BCUT2D eigenvalue weighted by Gasteiger charge is -2.30. The van der Waals surface area contributed by atoms with Crippen molar-refractivity contribution in [3.05, 3.63) is 253 Å². The normalized spacial score (nSPS) is 13.1. The summed E-state index contributed by atoms with van der Waals surface area (Å²) < 4.78 is 2.44. The van der Waals surface area contributed by atoms with Crippen LogP contribution in [-0.4, -0.2) is 9.55 Å². The average molecular weight is 811 g/mol. The Morgan fingerprint density at radius 3 is 1.50 bits per heavy atom. The maximum atomic E-state index is 5.50. The second-order valence-corrected chi connectivity index (χ2v) is 17.4. The van der Waals surface area contributed by atoms with E-state index < -0.39 is 0 Å². The largest absolute Gasteiger partial charge is 0.309 e. The molecule has 14 rings (SSSR count). The molecule has 0 atom stereocenters. The molecule has 0 aliphatic heterocycles. The predicted molar refractivity (Wildman–Crippen MR) is 266 cm³/mol. The minimum Gasteiger partial charge on any atom is -0.309 e. The second-order valence-electron chi connectivity index (χ2n) is 17.4. The highest BCUT2D eigenvalue weighted by atomic mass is 15.0. The van der Waals surface area contributed by atoms with Crippen LogP contribution in [0.2, 0.25) is 0 Å². The highest BCUT2D eigenvalue weighted by Gasteiger charge is 2.51. The van der Waals surface area contributed by atoms with Gasteiger partial charge in [0.1, 0.15) is 0 Å². The van der Waals surface area contributed by atoms with E-state index in [-0.39, 0.29) is 5.41 Å². The molecule has 2 heteroatoms. The lowest BCUT2D eigenvalue weighted by Crippen LogP contribution is -2.25. The second kappa shape index (κ2) is 13.3. The Kier molecular flexibility index (Phi) is 7.35. The van der Waals surface area contributed by atoms with Gasteiger partial charge in [0.15, 0.2) is 0 Å². The summed E-state index contributed by atoms with van der Waals surface area (Å²) in [6, 6.07) is 84.9. The molecule has 2 nitrogen and oxygen atoms in total. The summed E-state index contributed by atoms with van der Waals surface area (Å²) in [5, 5.41) is 5.98. The Morgan fingerprint density at radius 2 is 0.828 bits per heavy atom. The van der Waals surface area contributed by atoms with Gasteiger partial charge in [-0.3, -0.25) is 0 Å². The number of pyridine rings is 1. The van der Waals surface area contributed by atoms with Crippen molar-refractivity contribution in [2.75, 3.05) is 0 Å². The van der Waals surface area contributed by atoms with E-state index in [4.69, 9.17) is 4.98 Å². The van der Waals surface area contributed by atoms with Gasteiger partial charge in [0.25, 0.3) is 0 Å². The van der Waals surface area contributed by atoms with Gasteiger partial charge < -0.3 is 4.57 Å². The van der Waals surface area contributed by atoms with Gasteiger partial charge in [-0.25, -0.2) is 4.98 Å². The number of para-hydroxylation sites is 2. The molecule has 0 unspecified atom stereocenters. The standard InChI is InChI=1S/C62H38N2/c1-3-15-41(16-4-1)60-52-36-35-50-49-22-10-14-26-58(49)64(44-17-5-2-6-18-44)61(50)59(52)51-34-32-43(38-57(51)63-60)40-29-27-39(28-30-40)42-31-33-48-47-21-9-13-25-55(47)62(56(48)37-42)53-23-11-7-19-45(53)46-20-8-12-24-54(46)62/h1-38H. The van der Waals surface area contributed by atoms with Crippen LogP contribution in [-0.2, 0) is 5.41 Å². The van der Waals surface area contributed by atoms with E-state index in [2.05, 4.69) is 235 Å². The Balaban J connectivity index is 0.931. The molecule has 2 aliphatic rings. The number of rotatable bonds is 4. The molecule has 0 amide bonds. The number of benzene rings is 10. The van der Waals surface area contributed by atoms with E-state index in [1.165, 1.54) is 82.8 Å². The van der Waals surface area contributed by atoms with Gasteiger partial charge in [-0.1, -0.05) is 200 Å². The van der Waals surface area contributed by atoms with Crippen molar-refractivity contribution in [1.82, 2.24) is 9.55 Å². The molecule has 2 aliphatic carbocycles. The summed E-state index contributed by atoms with van der Waals surface area (Å²) in [6.45, 7) is 0. The molecule has 0 fully saturated rings. The van der Waals surface area contributed by atoms with Crippen LogP contribution in [0, 0.1) is 0 Å². The number of hydrogen-bond donors (Lipinski definition) is 0. The molecule has 0 saturated carbocycles. The van der Waals surface area contributed by atoms with Crippen molar-refractivity contribution < 1.29 is 0 Å². The van der Waals surface area contributed by atoms with Gasteiger partial charge in [0.2, 0.25) is 0 Å². The summed E-state index contributed by atoms with van der Waals surface area (Å²) in [5.74, 6) is 0. The van der Waals surface area contributed by atoms with Crippen LogP contribution in [0.1, 0.15) is 22.3 Å².